The molecule has 0 aliphatic rings. The van der Waals surface area contributed by atoms with Gasteiger partial charge in [0.1, 0.15) is 0 Å². The van der Waals surface area contributed by atoms with Crippen LogP contribution < -0.4 is 15.5 Å². The third-order valence-corrected chi connectivity index (χ3v) is 2.57. The highest BCUT2D eigenvalue weighted by atomic mass is 16.5. The molecule has 0 bridgehead atoms. The van der Waals surface area contributed by atoms with Crippen molar-refractivity contribution in [3.05, 3.63) is 0 Å². The molecule has 0 fully saturated rings. The van der Waals surface area contributed by atoms with Crippen LogP contribution in [0.5, 0.6) is 0 Å². The molecule has 120 valence electrons. The van der Waals surface area contributed by atoms with Crippen molar-refractivity contribution in [1.29, 1.82) is 0 Å². The van der Waals surface area contributed by atoms with Crippen molar-refractivity contribution in [2.75, 3.05) is 76.6 Å². The van der Waals surface area contributed by atoms with Crippen molar-refractivity contribution in [3.63, 3.8) is 0 Å². The van der Waals surface area contributed by atoms with Gasteiger partial charge in [-0.05, 0) is 21.0 Å². The first-order valence-electron chi connectivity index (χ1n) is 7.16. The Morgan fingerprint density at radius 1 is 0.952 bits per heavy atom. The second kappa shape index (κ2) is 9.30. The fourth-order valence-electron chi connectivity index (χ4n) is 1.47. The Bertz CT molecular complexity index is 412. The molecule has 8 nitrogen and oxygen atoms in total. The fourth-order valence-corrected chi connectivity index (χ4v) is 1.47. The van der Waals surface area contributed by atoms with Crippen molar-refractivity contribution < 1.29 is 4.74 Å². The topological polar surface area (TPSA) is 78.4 Å². The van der Waals surface area contributed by atoms with Crippen LogP contribution in [0, 0.1) is 0 Å². The summed E-state index contributed by atoms with van der Waals surface area (Å²) < 4.78 is 5.52. The number of nitrogens with zero attached hydrogens (tertiary/aromatic N) is 5. The summed E-state index contributed by atoms with van der Waals surface area (Å²) in [4.78, 5) is 16.9. The number of hydrogen-bond acceptors (Lipinski definition) is 8. The number of nitrogens with one attached hydrogen (secondary N) is 2. The van der Waals surface area contributed by atoms with Gasteiger partial charge in [0.25, 0.3) is 0 Å². The van der Waals surface area contributed by atoms with Gasteiger partial charge in [0.2, 0.25) is 17.8 Å². The van der Waals surface area contributed by atoms with E-state index in [4.69, 9.17) is 4.74 Å². The summed E-state index contributed by atoms with van der Waals surface area (Å²) >= 11 is 0. The quantitative estimate of drug-likeness (QED) is 0.599. The maximum atomic E-state index is 5.52. The van der Waals surface area contributed by atoms with E-state index in [0.29, 0.717) is 31.0 Å². The van der Waals surface area contributed by atoms with Gasteiger partial charge in [-0.1, -0.05) is 0 Å². The second-order valence-corrected chi connectivity index (χ2v) is 5.05. The Morgan fingerprint density at radius 2 is 1.62 bits per heavy atom. The lowest BCUT2D eigenvalue weighted by Crippen LogP contribution is -2.21. The molecular formula is C13H27N7O. The predicted octanol–water partition coefficient (Wildman–Crippen LogP) is 0.360. The van der Waals surface area contributed by atoms with Crippen molar-refractivity contribution >= 4 is 17.8 Å². The van der Waals surface area contributed by atoms with E-state index in [1.165, 1.54) is 0 Å². The molecule has 0 saturated carbocycles. The summed E-state index contributed by atoms with van der Waals surface area (Å²) in [6, 6.07) is 0. The Labute approximate surface area is 126 Å². The lowest BCUT2D eigenvalue weighted by Gasteiger charge is -2.14. The summed E-state index contributed by atoms with van der Waals surface area (Å²) in [6.07, 6.45) is 0. The first kappa shape index (κ1) is 17.4. The van der Waals surface area contributed by atoms with E-state index in [1.807, 2.05) is 40.0 Å². The predicted molar refractivity (Wildman–Crippen MR) is 86.2 cm³/mol. The zero-order valence-electron chi connectivity index (χ0n) is 13.7. The molecule has 2 N–H and O–H groups in total. The average molecular weight is 297 g/mol. The third-order valence-electron chi connectivity index (χ3n) is 2.57. The largest absolute Gasteiger partial charge is 0.378 e. The molecule has 0 atom stereocenters. The Balaban J connectivity index is 2.46. The third kappa shape index (κ3) is 7.05. The van der Waals surface area contributed by atoms with Gasteiger partial charge < -0.3 is 25.2 Å². The van der Waals surface area contributed by atoms with E-state index in [2.05, 4.69) is 30.5 Å². The molecule has 21 heavy (non-hydrogen) atoms. The molecular weight excluding hydrogens is 270 g/mol. The van der Waals surface area contributed by atoms with Gasteiger partial charge in [-0.25, -0.2) is 0 Å². The van der Waals surface area contributed by atoms with Crippen LogP contribution >= 0.6 is 0 Å². The number of rotatable bonds is 10. The van der Waals surface area contributed by atoms with Gasteiger partial charge in [-0.3, -0.25) is 0 Å². The van der Waals surface area contributed by atoms with Crippen molar-refractivity contribution in [2.45, 2.75) is 6.92 Å². The minimum Gasteiger partial charge on any atom is -0.378 e. The van der Waals surface area contributed by atoms with Gasteiger partial charge in [-0.15, -0.1) is 0 Å². The average Bonchev–Trinajstić information content (AvgIpc) is 2.42. The van der Waals surface area contributed by atoms with E-state index in [0.717, 1.165) is 19.7 Å². The molecule has 0 radical (unpaired) electrons. The van der Waals surface area contributed by atoms with Gasteiger partial charge in [-0.2, -0.15) is 15.0 Å². The van der Waals surface area contributed by atoms with Crippen LogP contribution in [0.25, 0.3) is 0 Å². The number of ether oxygens (including phenoxy) is 1. The van der Waals surface area contributed by atoms with Crippen LogP contribution in [0.3, 0.4) is 0 Å². The molecule has 0 spiro atoms. The molecule has 1 aromatic heterocycles. The van der Waals surface area contributed by atoms with E-state index < -0.39 is 0 Å². The maximum Gasteiger partial charge on any atom is 0.231 e. The number of aromatic nitrogens is 3. The number of anilines is 3. The molecule has 0 saturated heterocycles. The lowest BCUT2D eigenvalue weighted by atomic mass is 10.6. The van der Waals surface area contributed by atoms with Gasteiger partial charge in [0.15, 0.2) is 0 Å². The maximum absolute atomic E-state index is 5.52. The van der Waals surface area contributed by atoms with E-state index >= 15 is 0 Å². The molecule has 0 amide bonds. The van der Waals surface area contributed by atoms with Crippen molar-refractivity contribution in [3.8, 4) is 0 Å². The highest BCUT2D eigenvalue weighted by molar-refractivity contribution is 5.42. The van der Waals surface area contributed by atoms with Crippen LogP contribution in [0.1, 0.15) is 6.92 Å². The molecule has 8 heteroatoms. The number of likely N-dealkylation sites (N-methyl/N-ethyl adjacent to an activating group) is 1. The molecule has 1 aromatic rings. The second-order valence-electron chi connectivity index (χ2n) is 5.05. The van der Waals surface area contributed by atoms with Crippen molar-refractivity contribution in [1.82, 2.24) is 19.9 Å². The minimum atomic E-state index is 0.556. The standard InChI is InChI=1S/C13H27N7O/c1-6-14-11-16-12(18-13(17-11)20(4)5)15-7-9-21-10-8-19(2)3/h6-10H2,1-5H3,(H2,14,15,16,17,18). The monoisotopic (exact) mass is 297 g/mol. The first-order chi connectivity index (χ1) is 10.0. The Kier molecular flexibility index (Phi) is 7.70. The van der Waals surface area contributed by atoms with Crippen LogP contribution in [0.4, 0.5) is 17.8 Å². The normalized spacial score (nSPS) is 10.8. The van der Waals surface area contributed by atoms with E-state index in [-0.39, 0.29) is 0 Å². The summed E-state index contributed by atoms with van der Waals surface area (Å²) in [5.41, 5.74) is 0. The Morgan fingerprint density at radius 3 is 2.19 bits per heavy atom. The molecule has 1 rings (SSSR count). The van der Waals surface area contributed by atoms with Gasteiger partial charge in [0.05, 0.1) is 13.2 Å². The fraction of sp³-hybridized carbons (Fsp3) is 0.769. The molecule has 0 aromatic carbocycles. The van der Waals surface area contributed by atoms with Crippen LogP contribution in [0.15, 0.2) is 0 Å². The molecule has 0 aliphatic carbocycles. The van der Waals surface area contributed by atoms with Gasteiger partial charge >= 0.3 is 0 Å². The zero-order chi connectivity index (χ0) is 15.7. The smallest absolute Gasteiger partial charge is 0.231 e. The first-order valence-corrected chi connectivity index (χ1v) is 7.16. The van der Waals surface area contributed by atoms with E-state index in [1.54, 1.807) is 0 Å². The summed E-state index contributed by atoms with van der Waals surface area (Å²) in [7, 11) is 7.85. The molecule has 1 heterocycles. The van der Waals surface area contributed by atoms with Crippen LogP contribution in [-0.2, 0) is 4.74 Å². The van der Waals surface area contributed by atoms with E-state index in [9.17, 15) is 0 Å². The number of hydrogen-bond donors (Lipinski definition) is 2. The van der Waals surface area contributed by atoms with Crippen LogP contribution in [-0.4, -0.2) is 80.9 Å². The minimum absolute atomic E-state index is 0.556. The SMILES string of the molecule is CCNc1nc(NCCOCCN(C)C)nc(N(C)C)n1. The van der Waals surface area contributed by atoms with Crippen LogP contribution in [0.2, 0.25) is 0 Å². The summed E-state index contributed by atoms with van der Waals surface area (Å²) in [5.74, 6) is 1.75. The molecule has 0 unspecified atom stereocenters. The highest BCUT2D eigenvalue weighted by Gasteiger charge is 2.07. The van der Waals surface area contributed by atoms with Gasteiger partial charge in [0, 0.05) is 33.7 Å². The van der Waals surface area contributed by atoms with Crippen molar-refractivity contribution in [2.24, 2.45) is 0 Å². The molecule has 0 aliphatic heterocycles. The highest BCUT2D eigenvalue weighted by Crippen LogP contribution is 2.10. The zero-order valence-corrected chi connectivity index (χ0v) is 13.7. The Hall–Kier alpha value is -1.67. The lowest BCUT2D eigenvalue weighted by molar-refractivity contribution is 0.126. The summed E-state index contributed by atoms with van der Waals surface area (Å²) in [6.45, 7) is 5.69. The summed E-state index contributed by atoms with van der Waals surface area (Å²) in [5, 5.41) is 6.26.